The molecule has 0 fully saturated rings. The van der Waals surface area contributed by atoms with E-state index < -0.39 is 0 Å². The molecular weight excluding hydrogens is 414 g/mol. The topological polar surface area (TPSA) is 23.5 Å². The fourth-order valence-electron chi connectivity index (χ4n) is 4.90. The van der Waals surface area contributed by atoms with Gasteiger partial charge in [-0.05, 0) is 31.2 Å². The van der Waals surface area contributed by atoms with Crippen LogP contribution in [0.3, 0.4) is 0 Å². The van der Waals surface area contributed by atoms with E-state index in [1.165, 1.54) is 96.3 Å². The molecule has 0 rings (SSSR count). The maximum atomic E-state index is 10.5. The Hall–Kier alpha value is -0.520. The monoisotopic (exact) mass is 477 g/mol. The van der Waals surface area contributed by atoms with Gasteiger partial charge in [-0.2, -0.15) is 0 Å². The van der Waals surface area contributed by atoms with Crippen molar-refractivity contribution in [3.8, 4) is 12.3 Å². The normalized spacial score (nSPS) is 13.6. The van der Waals surface area contributed by atoms with E-state index in [0.717, 1.165) is 50.7 Å². The highest BCUT2D eigenvalue weighted by Crippen LogP contribution is 2.17. The fourth-order valence-corrected chi connectivity index (χ4v) is 4.90. The van der Waals surface area contributed by atoms with Crippen LogP contribution in [0.5, 0.6) is 0 Å². The average molecular weight is 478 g/mol. The van der Waals surface area contributed by atoms with E-state index in [1.807, 2.05) is 0 Å². The molecule has 0 radical (unpaired) electrons. The third kappa shape index (κ3) is 23.2. The van der Waals surface area contributed by atoms with Crippen molar-refractivity contribution in [2.24, 2.45) is 17.8 Å². The average Bonchev–Trinajstić information content (AvgIpc) is 2.79. The Balaban J connectivity index is 3.78. The van der Waals surface area contributed by atoms with Crippen LogP contribution < -0.4 is 0 Å². The van der Waals surface area contributed by atoms with Gasteiger partial charge in [-0.15, -0.1) is 12.3 Å². The fraction of sp³-hybridized carbons (Fsp3) is 0.938. The predicted molar refractivity (Wildman–Crippen MR) is 153 cm³/mol. The molecule has 1 N–H and O–H groups in total. The molecule has 0 bridgehead atoms. The second-order valence-electron chi connectivity index (χ2n) is 11.8. The van der Waals surface area contributed by atoms with Gasteiger partial charge >= 0.3 is 0 Å². The molecule has 0 aromatic heterocycles. The van der Waals surface area contributed by atoms with Gasteiger partial charge in [0.25, 0.3) is 0 Å². The van der Waals surface area contributed by atoms with Crippen molar-refractivity contribution in [1.82, 2.24) is 4.90 Å². The first-order valence-electron chi connectivity index (χ1n) is 15.3. The van der Waals surface area contributed by atoms with E-state index in [0.29, 0.717) is 5.92 Å². The molecule has 34 heavy (non-hydrogen) atoms. The van der Waals surface area contributed by atoms with Crippen molar-refractivity contribution in [1.29, 1.82) is 0 Å². The number of terminal acetylenes is 1. The zero-order valence-corrected chi connectivity index (χ0v) is 24.1. The van der Waals surface area contributed by atoms with Crippen molar-refractivity contribution in [2.45, 2.75) is 156 Å². The summed E-state index contributed by atoms with van der Waals surface area (Å²) >= 11 is 0. The number of aliphatic hydroxyl groups excluding tert-OH is 1. The van der Waals surface area contributed by atoms with Gasteiger partial charge in [0.2, 0.25) is 0 Å². The highest BCUT2D eigenvalue weighted by atomic mass is 16.3. The van der Waals surface area contributed by atoms with Gasteiger partial charge in [-0.3, -0.25) is 4.90 Å². The molecule has 0 aromatic carbocycles. The lowest BCUT2D eigenvalue weighted by Gasteiger charge is -2.26. The first-order chi connectivity index (χ1) is 16.4. The minimum Gasteiger partial charge on any atom is -0.392 e. The predicted octanol–water partition coefficient (Wildman–Crippen LogP) is 9.25. The van der Waals surface area contributed by atoms with Gasteiger partial charge in [-0.1, -0.05) is 137 Å². The van der Waals surface area contributed by atoms with Crippen molar-refractivity contribution in [3.63, 3.8) is 0 Å². The second-order valence-corrected chi connectivity index (χ2v) is 11.8. The van der Waals surface area contributed by atoms with Gasteiger partial charge < -0.3 is 5.11 Å². The smallest absolute Gasteiger partial charge is 0.0667 e. The number of unbranched alkanes of at least 4 members (excludes halogenated alkanes) is 12. The lowest BCUT2D eigenvalue weighted by Crippen LogP contribution is -2.35. The number of likely N-dealkylation sites (N-methyl/N-ethyl adjacent to an activating group) is 1. The third-order valence-corrected chi connectivity index (χ3v) is 7.28. The molecule has 0 aliphatic rings. The summed E-state index contributed by atoms with van der Waals surface area (Å²) in [6, 6.07) is 0. The Kier molecular flexibility index (Phi) is 23.8. The maximum Gasteiger partial charge on any atom is 0.0667 e. The Morgan fingerprint density at radius 3 is 1.35 bits per heavy atom. The number of hydrogen-bond acceptors (Lipinski definition) is 2. The molecule has 0 saturated carbocycles. The maximum absolute atomic E-state index is 10.5. The lowest BCUT2D eigenvalue weighted by molar-refractivity contribution is 0.0999. The summed E-state index contributed by atoms with van der Waals surface area (Å²) < 4.78 is 0. The molecule has 2 heteroatoms. The van der Waals surface area contributed by atoms with Crippen LogP contribution >= 0.6 is 0 Å². The molecule has 0 aromatic rings. The second kappa shape index (κ2) is 24.2. The van der Waals surface area contributed by atoms with E-state index in [-0.39, 0.29) is 6.10 Å². The number of nitrogens with zero attached hydrogens (tertiary/aromatic N) is 1. The van der Waals surface area contributed by atoms with Crippen LogP contribution in [0.15, 0.2) is 0 Å². The summed E-state index contributed by atoms with van der Waals surface area (Å²) in [4.78, 5) is 2.37. The molecule has 0 heterocycles. The van der Waals surface area contributed by atoms with E-state index in [1.54, 1.807) is 0 Å². The van der Waals surface area contributed by atoms with Gasteiger partial charge in [0, 0.05) is 19.0 Å². The molecule has 202 valence electrons. The van der Waals surface area contributed by atoms with Crippen LogP contribution in [-0.2, 0) is 0 Å². The molecular formula is C32H63NO. The SMILES string of the molecule is C#CC(CCCCCCCCCC(C)C)CN(CC)CC(O)CCCCCCCCCC(C)C. The lowest BCUT2D eigenvalue weighted by atomic mass is 9.99. The first-order valence-corrected chi connectivity index (χ1v) is 15.3. The largest absolute Gasteiger partial charge is 0.392 e. The van der Waals surface area contributed by atoms with Gasteiger partial charge in [0.05, 0.1) is 6.10 Å². The molecule has 0 aliphatic carbocycles. The molecule has 0 saturated heterocycles. The quantitative estimate of drug-likeness (QED) is 0.105. The third-order valence-electron chi connectivity index (χ3n) is 7.28. The molecule has 2 nitrogen and oxygen atoms in total. The van der Waals surface area contributed by atoms with E-state index in [2.05, 4.69) is 45.4 Å². The van der Waals surface area contributed by atoms with Crippen molar-refractivity contribution in [2.75, 3.05) is 19.6 Å². The first kappa shape index (κ1) is 33.5. The van der Waals surface area contributed by atoms with Crippen LogP contribution in [0, 0.1) is 30.1 Å². The Labute approximate surface area is 216 Å². The van der Waals surface area contributed by atoms with E-state index >= 15 is 0 Å². The minimum absolute atomic E-state index is 0.208. The Morgan fingerprint density at radius 1 is 0.588 bits per heavy atom. The van der Waals surface area contributed by atoms with Crippen LogP contribution in [0.2, 0.25) is 0 Å². The van der Waals surface area contributed by atoms with Crippen LogP contribution in [0.1, 0.15) is 150 Å². The summed E-state index contributed by atoms with van der Waals surface area (Å²) in [5, 5.41) is 10.5. The number of aliphatic hydroxyl groups is 1. The van der Waals surface area contributed by atoms with E-state index in [9.17, 15) is 5.11 Å². The molecule has 2 unspecified atom stereocenters. The number of rotatable bonds is 25. The van der Waals surface area contributed by atoms with Gasteiger partial charge in [0.1, 0.15) is 0 Å². The van der Waals surface area contributed by atoms with Crippen LogP contribution in [0.25, 0.3) is 0 Å². The zero-order chi connectivity index (χ0) is 25.4. The highest BCUT2D eigenvalue weighted by molar-refractivity contribution is 4.94. The van der Waals surface area contributed by atoms with Crippen LogP contribution in [-0.4, -0.2) is 35.7 Å². The molecule has 0 amide bonds. The van der Waals surface area contributed by atoms with Gasteiger partial charge in [0.15, 0.2) is 0 Å². The molecule has 2 atom stereocenters. The standard InChI is InChI=1S/C32H63NO/c1-7-31(25-21-17-13-9-11-15-19-23-29(3)4)27-33(8-2)28-32(34)26-22-18-14-10-12-16-20-24-30(5)6/h1,29-32,34H,8-28H2,2-6H3. The Morgan fingerprint density at radius 2 is 0.971 bits per heavy atom. The summed E-state index contributed by atoms with van der Waals surface area (Å²) in [5.41, 5.74) is 0. The summed E-state index contributed by atoms with van der Waals surface area (Å²) in [7, 11) is 0. The summed E-state index contributed by atoms with van der Waals surface area (Å²) in [5.74, 6) is 5.06. The summed E-state index contributed by atoms with van der Waals surface area (Å²) in [6.07, 6.45) is 29.2. The van der Waals surface area contributed by atoms with Crippen LogP contribution in [0.4, 0.5) is 0 Å². The number of hydrogen-bond donors (Lipinski definition) is 1. The molecule has 0 aliphatic heterocycles. The zero-order valence-electron chi connectivity index (χ0n) is 24.1. The molecule has 0 spiro atoms. The highest BCUT2D eigenvalue weighted by Gasteiger charge is 2.14. The van der Waals surface area contributed by atoms with Crippen molar-refractivity contribution < 1.29 is 5.11 Å². The minimum atomic E-state index is -0.208. The van der Waals surface area contributed by atoms with E-state index in [4.69, 9.17) is 6.42 Å². The van der Waals surface area contributed by atoms with Crippen molar-refractivity contribution >= 4 is 0 Å². The van der Waals surface area contributed by atoms with Gasteiger partial charge in [-0.25, -0.2) is 0 Å². The van der Waals surface area contributed by atoms with Crippen molar-refractivity contribution in [3.05, 3.63) is 0 Å². The summed E-state index contributed by atoms with van der Waals surface area (Å²) in [6.45, 7) is 14.2. The Bertz CT molecular complexity index is 452.